The number of piperidine rings is 1. The summed E-state index contributed by atoms with van der Waals surface area (Å²) in [5.41, 5.74) is 0.0858. The van der Waals surface area contributed by atoms with Crippen molar-refractivity contribution in [2.24, 2.45) is 5.92 Å². The van der Waals surface area contributed by atoms with Crippen molar-refractivity contribution in [2.45, 2.75) is 127 Å². The lowest BCUT2D eigenvalue weighted by atomic mass is 9.65. The highest BCUT2D eigenvalue weighted by molar-refractivity contribution is 6.99. The molecule has 1 spiro atoms. The zero-order chi connectivity index (χ0) is 27.5. The van der Waals surface area contributed by atoms with E-state index in [0.29, 0.717) is 17.9 Å². The van der Waals surface area contributed by atoms with Gasteiger partial charge in [0.2, 0.25) is 0 Å². The molecule has 5 rings (SSSR count). The predicted molar refractivity (Wildman–Crippen MR) is 165 cm³/mol. The quantitative estimate of drug-likeness (QED) is 0.232. The molecule has 0 amide bonds. The van der Waals surface area contributed by atoms with Crippen LogP contribution in [0.4, 0.5) is 0 Å². The van der Waals surface area contributed by atoms with Gasteiger partial charge in [0, 0.05) is 30.0 Å². The molecule has 0 radical (unpaired) electrons. The molecule has 3 aliphatic rings. The van der Waals surface area contributed by atoms with Crippen LogP contribution in [0.1, 0.15) is 105 Å². The first kappa shape index (κ1) is 28.8. The van der Waals surface area contributed by atoms with Gasteiger partial charge in [0.05, 0.1) is 6.61 Å². The summed E-state index contributed by atoms with van der Waals surface area (Å²) in [6.45, 7) is 10.2. The zero-order valence-corrected chi connectivity index (χ0v) is 26.0. The van der Waals surface area contributed by atoms with E-state index in [4.69, 9.17) is 4.43 Å². The van der Waals surface area contributed by atoms with E-state index in [1.54, 1.807) is 0 Å². The molecule has 3 nitrogen and oxygen atoms in total. The van der Waals surface area contributed by atoms with Gasteiger partial charge in [-0.2, -0.15) is 0 Å². The highest BCUT2D eigenvalue weighted by Crippen LogP contribution is 2.53. The number of hydrogen-bond donors (Lipinski definition) is 0. The number of hydrogen-bond acceptors (Lipinski definition) is 3. The van der Waals surface area contributed by atoms with E-state index >= 15 is 0 Å². The molecule has 39 heavy (non-hydrogen) atoms. The summed E-state index contributed by atoms with van der Waals surface area (Å²) in [6.07, 6.45) is 14.1. The van der Waals surface area contributed by atoms with Gasteiger partial charge in [-0.3, -0.25) is 9.69 Å². The fourth-order valence-corrected chi connectivity index (χ4v) is 13.3. The number of rotatable bonds is 10. The second kappa shape index (κ2) is 12.0. The largest absolute Gasteiger partial charge is 0.406 e. The van der Waals surface area contributed by atoms with Gasteiger partial charge in [-0.25, -0.2) is 0 Å². The van der Waals surface area contributed by atoms with Gasteiger partial charge in [-0.15, -0.1) is 0 Å². The van der Waals surface area contributed by atoms with E-state index in [9.17, 15) is 4.79 Å². The maximum absolute atomic E-state index is 13.5. The lowest BCUT2D eigenvalue weighted by Crippen LogP contribution is -2.68. The third-order valence-electron chi connectivity index (χ3n) is 10.3. The number of carbonyl (C=O) groups is 1. The monoisotopic (exact) mass is 545 g/mol. The van der Waals surface area contributed by atoms with Crippen LogP contribution < -0.4 is 10.4 Å². The van der Waals surface area contributed by atoms with Crippen LogP contribution in [0, 0.1) is 5.92 Å². The van der Waals surface area contributed by atoms with E-state index < -0.39 is 8.32 Å². The second-order valence-corrected chi connectivity index (χ2v) is 18.0. The number of carbonyl (C=O) groups excluding carboxylic acids is 1. The molecule has 2 aliphatic heterocycles. The lowest BCUT2D eigenvalue weighted by Gasteiger charge is -2.55. The van der Waals surface area contributed by atoms with Gasteiger partial charge >= 0.3 is 0 Å². The molecule has 0 N–H and O–H groups in total. The minimum Gasteiger partial charge on any atom is -0.406 e. The van der Waals surface area contributed by atoms with Crippen molar-refractivity contribution in [1.29, 1.82) is 0 Å². The Bertz CT molecular complexity index is 1040. The van der Waals surface area contributed by atoms with Gasteiger partial charge in [-0.1, -0.05) is 127 Å². The third-order valence-corrected chi connectivity index (χ3v) is 15.3. The first-order chi connectivity index (χ1) is 18.8. The van der Waals surface area contributed by atoms with Crippen LogP contribution >= 0.6 is 0 Å². The number of ketones is 1. The van der Waals surface area contributed by atoms with Crippen molar-refractivity contribution in [2.75, 3.05) is 6.61 Å². The Hall–Kier alpha value is -1.75. The summed E-state index contributed by atoms with van der Waals surface area (Å²) in [7, 11) is -2.58. The smallest absolute Gasteiger partial charge is 0.261 e. The summed E-state index contributed by atoms with van der Waals surface area (Å²) in [5.74, 6) is 0.816. The van der Waals surface area contributed by atoms with E-state index in [1.165, 1.54) is 61.7 Å². The van der Waals surface area contributed by atoms with E-state index in [0.717, 1.165) is 32.3 Å². The molecule has 212 valence electrons. The molecule has 4 atom stereocenters. The lowest BCUT2D eigenvalue weighted by molar-refractivity contribution is -0.143. The maximum Gasteiger partial charge on any atom is 0.261 e. The van der Waals surface area contributed by atoms with Crippen LogP contribution in [-0.4, -0.2) is 43.2 Å². The molecule has 4 heteroatoms. The van der Waals surface area contributed by atoms with Gasteiger partial charge in [0.25, 0.3) is 8.32 Å². The van der Waals surface area contributed by atoms with Gasteiger partial charge in [0.15, 0.2) is 0 Å². The number of benzene rings is 2. The summed E-state index contributed by atoms with van der Waals surface area (Å²) < 4.78 is 7.51. The average Bonchev–Trinajstić information content (AvgIpc) is 3.30. The molecule has 0 bridgehead atoms. The van der Waals surface area contributed by atoms with Crippen molar-refractivity contribution < 1.29 is 9.22 Å². The van der Waals surface area contributed by atoms with E-state index in [2.05, 4.69) is 93.3 Å². The van der Waals surface area contributed by atoms with E-state index in [1.807, 2.05) is 0 Å². The standard InChI is InChI=1S/C35H51NO2Si/c1-5-6-7-10-17-28-26-33(37)32-22-15-16-24-35(32)25-23-29(36(28)35)27-38-39(34(2,3)4,30-18-11-8-12-19-30)31-20-13-9-14-21-31/h8-9,11-14,18-21,28-29,32H,5-7,10,15-17,22-27H2,1-4H3/t28-,29+,32+,35+/m1/s1. The highest BCUT2D eigenvalue weighted by Gasteiger charge is 2.59. The minimum atomic E-state index is -2.58. The average molecular weight is 546 g/mol. The molecular formula is C35H51NO2Si. The van der Waals surface area contributed by atoms with Crippen molar-refractivity contribution in [1.82, 2.24) is 4.90 Å². The first-order valence-electron chi connectivity index (χ1n) is 15.9. The summed E-state index contributed by atoms with van der Waals surface area (Å²) in [4.78, 5) is 16.4. The van der Waals surface area contributed by atoms with Crippen molar-refractivity contribution >= 4 is 24.5 Å². The Labute approximate surface area is 238 Å². The van der Waals surface area contributed by atoms with Gasteiger partial charge in [-0.05, 0) is 47.5 Å². The van der Waals surface area contributed by atoms with E-state index in [-0.39, 0.29) is 16.5 Å². The predicted octanol–water partition coefficient (Wildman–Crippen LogP) is 7.27. The van der Waals surface area contributed by atoms with Crippen LogP contribution in [0.5, 0.6) is 0 Å². The van der Waals surface area contributed by atoms with Crippen molar-refractivity contribution in [3.63, 3.8) is 0 Å². The Balaban J connectivity index is 1.48. The molecule has 1 aliphatic carbocycles. The number of nitrogens with zero attached hydrogens (tertiary/aromatic N) is 1. The molecule has 3 fully saturated rings. The van der Waals surface area contributed by atoms with Crippen molar-refractivity contribution in [3.05, 3.63) is 60.7 Å². The third kappa shape index (κ3) is 5.34. The molecule has 1 saturated carbocycles. The maximum atomic E-state index is 13.5. The summed E-state index contributed by atoms with van der Waals surface area (Å²) >= 11 is 0. The molecule has 0 aromatic heterocycles. The van der Waals surface area contributed by atoms with Gasteiger partial charge < -0.3 is 4.43 Å². The van der Waals surface area contributed by atoms with Crippen LogP contribution in [-0.2, 0) is 9.22 Å². The topological polar surface area (TPSA) is 29.5 Å². The normalized spacial score (nSPS) is 27.8. The molecular weight excluding hydrogens is 494 g/mol. The van der Waals surface area contributed by atoms with Crippen LogP contribution in [0.3, 0.4) is 0 Å². The fraction of sp³-hybridized carbons (Fsp3) is 0.629. The van der Waals surface area contributed by atoms with Gasteiger partial charge in [0.1, 0.15) is 5.78 Å². The SMILES string of the molecule is CCCCCC[C@@H]1CC(=O)[C@@H]2CCCC[C@]23CC[C@@H](CO[Si](c2ccccc2)(c2ccccc2)C(C)(C)C)N13. The highest BCUT2D eigenvalue weighted by atomic mass is 28.4. The first-order valence-corrected chi connectivity index (χ1v) is 17.8. The molecule has 2 aromatic rings. The fourth-order valence-electron chi connectivity index (χ4n) is 8.67. The Morgan fingerprint density at radius 1 is 0.872 bits per heavy atom. The summed E-state index contributed by atoms with van der Waals surface area (Å²) in [5, 5.41) is 2.70. The molecule has 2 aromatic carbocycles. The second-order valence-electron chi connectivity index (χ2n) is 13.6. The summed E-state index contributed by atoms with van der Waals surface area (Å²) in [6, 6.07) is 22.9. The van der Waals surface area contributed by atoms with Crippen LogP contribution in [0.15, 0.2) is 60.7 Å². The molecule has 0 unspecified atom stereocenters. The molecule has 2 saturated heterocycles. The minimum absolute atomic E-state index is 0.0171. The Morgan fingerprint density at radius 2 is 1.54 bits per heavy atom. The Kier molecular flexibility index (Phi) is 8.85. The molecule has 2 heterocycles. The van der Waals surface area contributed by atoms with Crippen LogP contribution in [0.2, 0.25) is 5.04 Å². The Morgan fingerprint density at radius 3 is 2.15 bits per heavy atom. The number of Topliss-reactive ketones (excluding diaryl/α,β-unsaturated/α-hetero) is 1. The van der Waals surface area contributed by atoms with Crippen LogP contribution in [0.25, 0.3) is 0 Å². The van der Waals surface area contributed by atoms with Crippen molar-refractivity contribution in [3.8, 4) is 0 Å². The number of unbranched alkanes of at least 4 members (excludes halogenated alkanes) is 3. The zero-order valence-electron chi connectivity index (χ0n) is 25.0.